The number of fused-ring (bicyclic) bond motifs is 1. The van der Waals surface area contributed by atoms with Crippen LogP contribution in [-0.4, -0.2) is 90.7 Å². The van der Waals surface area contributed by atoms with Crippen molar-refractivity contribution in [2.75, 3.05) is 52.0 Å². The van der Waals surface area contributed by atoms with Crippen LogP contribution >= 0.6 is 0 Å². The van der Waals surface area contributed by atoms with Gasteiger partial charge in [0.05, 0.1) is 29.8 Å². The summed E-state index contributed by atoms with van der Waals surface area (Å²) in [6.07, 6.45) is 4.19. The molecular formula is C21H27N7O5. The number of rotatable bonds is 8. The summed E-state index contributed by atoms with van der Waals surface area (Å²) in [6.45, 7) is 6.54. The maximum Gasteiger partial charge on any atom is 0.295 e. The highest BCUT2D eigenvalue weighted by Crippen LogP contribution is 2.33. The average Bonchev–Trinajstić information content (AvgIpc) is 3.26. The Morgan fingerprint density at radius 1 is 1.27 bits per heavy atom. The minimum Gasteiger partial charge on any atom is -0.494 e. The van der Waals surface area contributed by atoms with Gasteiger partial charge in [-0.05, 0) is 6.92 Å². The molecule has 0 aliphatic carbocycles. The summed E-state index contributed by atoms with van der Waals surface area (Å²) in [4.78, 5) is 52.4. The zero-order valence-electron chi connectivity index (χ0n) is 18.8. The third-order valence-electron chi connectivity index (χ3n) is 5.15. The number of carbonyl (C=O) groups excluding carboxylic acids is 3. The van der Waals surface area contributed by atoms with Gasteiger partial charge in [-0.15, -0.1) is 0 Å². The highest BCUT2D eigenvalue weighted by atomic mass is 16.5. The Hall–Kier alpha value is -3.77. The fourth-order valence-corrected chi connectivity index (χ4v) is 3.48. The van der Waals surface area contributed by atoms with Gasteiger partial charge in [-0.25, -0.2) is 20.8 Å². The summed E-state index contributed by atoms with van der Waals surface area (Å²) in [7, 11) is 2.89. The molecule has 176 valence electrons. The van der Waals surface area contributed by atoms with Crippen molar-refractivity contribution in [1.29, 1.82) is 0 Å². The first-order chi connectivity index (χ1) is 15.8. The number of Topliss-reactive ketones (excluding diaryl/α,β-unsaturated/α-hetero) is 1. The second kappa shape index (κ2) is 10.2. The third-order valence-corrected chi connectivity index (χ3v) is 5.15. The molecule has 1 aliphatic heterocycles. The molecule has 0 bridgehead atoms. The zero-order chi connectivity index (χ0) is 24.1. The van der Waals surface area contributed by atoms with E-state index in [4.69, 9.17) is 15.3 Å². The number of hydrogen-bond donors (Lipinski definition) is 2. The van der Waals surface area contributed by atoms with Gasteiger partial charge >= 0.3 is 0 Å². The molecule has 1 fully saturated rings. The van der Waals surface area contributed by atoms with Crippen LogP contribution in [-0.2, 0) is 14.3 Å². The zero-order valence-corrected chi connectivity index (χ0v) is 18.8. The normalized spacial score (nSPS) is 14.1. The van der Waals surface area contributed by atoms with Gasteiger partial charge in [0, 0.05) is 45.2 Å². The fraction of sp³-hybridized carbons (Fsp3) is 0.381. The summed E-state index contributed by atoms with van der Waals surface area (Å²) in [5, 5.41) is 1.56. The lowest BCUT2D eigenvalue weighted by Gasteiger charge is -2.34. The smallest absolute Gasteiger partial charge is 0.295 e. The Morgan fingerprint density at radius 2 is 1.94 bits per heavy atom. The van der Waals surface area contributed by atoms with E-state index in [1.807, 2.05) is 0 Å². The monoisotopic (exact) mass is 457 g/mol. The molecule has 1 saturated heterocycles. The number of hydrogen-bond acceptors (Lipinski definition) is 8. The number of pyridine rings is 1. The third kappa shape index (κ3) is 5.02. The molecule has 12 heteroatoms. The number of ketones is 1. The Labute approximate surface area is 190 Å². The minimum atomic E-state index is -0.701. The molecule has 0 radical (unpaired) electrons. The molecule has 12 nitrogen and oxygen atoms in total. The predicted molar refractivity (Wildman–Crippen MR) is 122 cm³/mol. The van der Waals surface area contributed by atoms with Gasteiger partial charge in [0.1, 0.15) is 18.7 Å². The SMILES string of the molecule is C=C(C)/N=C\N(N)c1ncc(OC)c2c(C(=O)C(=O)N3CCN(C(=O)COC)CC3)c[nH]c12. The number of nitrogens with two attached hydrogens (primary N) is 1. The first kappa shape index (κ1) is 23.9. The number of H-pyrrole nitrogens is 1. The van der Waals surface area contributed by atoms with E-state index in [0.717, 1.165) is 0 Å². The van der Waals surface area contributed by atoms with E-state index >= 15 is 0 Å². The highest BCUT2D eigenvalue weighted by molar-refractivity contribution is 6.45. The maximum atomic E-state index is 13.1. The molecular weight excluding hydrogens is 430 g/mol. The van der Waals surface area contributed by atoms with Gasteiger partial charge in [0.25, 0.3) is 11.7 Å². The fourth-order valence-electron chi connectivity index (χ4n) is 3.48. The molecule has 2 aromatic rings. The number of aromatic amines is 1. The number of carbonyl (C=O) groups is 3. The molecule has 0 atom stereocenters. The van der Waals surface area contributed by atoms with Crippen molar-refractivity contribution in [2.24, 2.45) is 10.8 Å². The van der Waals surface area contributed by atoms with Crippen molar-refractivity contribution >= 4 is 40.7 Å². The summed E-state index contributed by atoms with van der Waals surface area (Å²) in [6, 6.07) is 0. The molecule has 33 heavy (non-hydrogen) atoms. The van der Waals surface area contributed by atoms with Crippen molar-refractivity contribution < 1.29 is 23.9 Å². The van der Waals surface area contributed by atoms with Gasteiger partial charge in [0.15, 0.2) is 5.82 Å². The van der Waals surface area contributed by atoms with Gasteiger partial charge < -0.3 is 24.3 Å². The van der Waals surface area contributed by atoms with Crippen LogP contribution in [0.4, 0.5) is 5.82 Å². The maximum absolute atomic E-state index is 13.1. The van der Waals surface area contributed by atoms with Crippen LogP contribution in [0.25, 0.3) is 10.9 Å². The number of ether oxygens (including phenoxy) is 2. The predicted octanol–water partition coefficient (Wildman–Crippen LogP) is 0.313. The summed E-state index contributed by atoms with van der Waals surface area (Å²) in [5.41, 5.74) is 1.10. The van der Waals surface area contributed by atoms with E-state index in [2.05, 4.69) is 21.5 Å². The van der Waals surface area contributed by atoms with Crippen LogP contribution in [0.2, 0.25) is 0 Å². The molecule has 2 amide bonds. The topological polar surface area (TPSA) is 146 Å². The number of methoxy groups -OCH3 is 2. The van der Waals surface area contributed by atoms with Crippen molar-refractivity contribution in [3.63, 3.8) is 0 Å². The lowest BCUT2D eigenvalue weighted by molar-refractivity contribution is -0.140. The van der Waals surface area contributed by atoms with Crippen molar-refractivity contribution in [2.45, 2.75) is 6.92 Å². The lowest BCUT2D eigenvalue weighted by Crippen LogP contribution is -2.52. The Morgan fingerprint density at radius 3 is 2.55 bits per heavy atom. The van der Waals surface area contributed by atoms with Crippen LogP contribution in [0.15, 0.2) is 29.7 Å². The Balaban J connectivity index is 1.85. The summed E-state index contributed by atoms with van der Waals surface area (Å²) >= 11 is 0. The number of nitrogens with one attached hydrogen (secondary N) is 1. The van der Waals surface area contributed by atoms with E-state index in [0.29, 0.717) is 35.4 Å². The van der Waals surface area contributed by atoms with E-state index in [1.54, 1.807) is 11.8 Å². The highest BCUT2D eigenvalue weighted by Gasteiger charge is 2.31. The number of allylic oxidation sites excluding steroid dienone is 1. The second-order valence-electron chi connectivity index (χ2n) is 7.42. The van der Waals surface area contributed by atoms with Crippen LogP contribution in [0.5, 0.6) is 5.75 Å². The Kier molecular flexibility index (Phi) is 7.41. The summed E-state index contributed by atoms with van der Waals surface area (Å²) in [5.74, 6) is 5.12. The Bertz CT molecular complexity index is 1100. The number of nitrogens with zero attached hydrogens (tertiary/aromatic N) is 5. The number of amides is 2. The molecule has 3 heterocycles. The molecule has 2 aromatic heterocycles. The first-order valence-electron chi connectivity index (χ1n) is 10.2. The van der Waals surface area contributed by atoms with Crippen molar-refractivity contribution in [1.82, 2.24) is 19.8 Å². The molecule has 0 spiro atoms. The standard InChI is InChI=1S/C21H27N7O5/c1-13(2)25-12-28(22)20-18-17(15(33-4)10-24-20)14(9-23-18)19(30)21(31)27-7-5-26(6-8-27)16(29)11-32-3/h9-10,12,23H,1,5-8,11,22H2,2-4H3/b25-12-. The molecule has 0 saturated carbocycles. The van der Waals surface area contributed by atoms with Gasteiger partial charge in [0.2, 0.25) is 5.91 Å². The van der Waals surface area contributed by atoms with Crippen LogP contribution < -0.4 is 15.6 Å². The molecule has 3 N–H and O–H groups in total. The lowest BCUT2D eigenvalue weighted by atomic mass is 10.1. The first-order valence-corrected chi connectivity index (χ1v) is 10.2. The van der Waals surface area contributed by atoms with E-state index in [1.165, 1.54) is 42.9 Å². The molecule has 0 aromatic carbocycles. The minimum absolute atomic E-state index is 0.0202. The van der Waals surface area contributed by atoms with Gasteiger partial charge in [-0.3, -0.25) is 14.4 Å². The van der Waals surface area contributed by atoms with Crippen LogP contribution in [0, 0.1) is 0 Å². The molecule has 1 aliphatic rings. The number of anilines is 1. The van der Waals surface area contributed by atoms with E-state index < -0.39 is 11.7 Å². The quantitative estimate of drug-likeness (QED) is 0.144. The van der Waals surface area contributed by atoms with E-state index in [-0.39, 0.29) is 37.0 Å². The number of aromatic nitrogens is 2. The molecule has 3 rings (SSSR count). The van der Waals surface area contributed by atoms with Crippen LogP contribution in [0.3, 0.4) is 0 Å². The van der Waals surface area contributed by atoms with E-state index in [9.17, 15) is 14.4 Å². The van der Waals surface area contributed by atoms with Gasteiger partial charge in [-0.2, -0.15) is 0 Å². The molecule has 0 unspecified atom stereocenters. The largest absolute Gasteiger partial charge is 0.494 e. The van der Waals surface area contributed by atoms with Crippen molar-refractivity contribution in [3.8, 4) is 5.75 Å². The summed E-state index contributed by atoms with van der Waals surface area (Å²) < 4.78 is 10.2. The average molecular weight is 457 g/mol. The number of aliphatic imine (C=N–C) groups is 1. The number of piperazine rings is 1. The van der Waals surface area contributed by atoms with Gasteiger partial charge in [-0.1, -0.05) is 6.58 Å². The number of hydrazine groups is 1. The second-order valence-corrected chi connectivity index (χ2v) is 7.42. The van der Waals surface area contributed by atoms with Crippen LogP contribution in [0.1, 0.15) is 17.3 Å². The van der Waals surface area contributed by atoms with Crippen molar-refractivity contribution in [3.05, 3.63) is 30.2 Å².